The average Bonchev–Trinajstić information content (AvgIpc) is 2.02. The molecule has 1 aromatic carbocycles. The van der Waals surface area contributed by atoms with Gasteiger partial charge in [-0.3, -0.25) is 5.41 Å². The minimum atomic E-state index is -0.360. The molecule has 70 valence electrons. The molecule has 0 bridgehead atoms. The lowest BCUT2D eigenvalue weighted by molar-refractivity contribution is 0.617. The van der Waals surface area contributed by atoms with E-state index < -0.39 is 0 Å². The molecule has 0 fully saturated rings. The van der Waals surface area contributed by atoms with Crippen LogP contribution in [0.4, 0.5) is 4.39 Å². The van der Waals surface area contributed by atoms with Crippen LogP contribution < -0.4 is 5.73 Å². The Labute approximate surface area is 84.8 Å². The molecule has 0 aliphatic rings. The highest BCUT2D eigenvalue weighted by Crippen LogP contribution is 2.18. The molecule has 0 aliphatic heterocycles. The van der Waals surface area contributed by atoms with E-state index in [0.29, 0.717) is 16.3 Å². The summed E-state index contributed by atoms with van der Waals surface area (Å²) in [5.74, 6) is -0.000494. The van der Waals surface area contributed by atoms with Crippen molar-refractivity contribution in [3.05, 3.63) is 34.6 Å². The first-order chi connectivity index (χ1) is 6.09. The zero-order valence-corrected chi connectivity index (χ0v) is 8.25. The fourth-order valence-corrected chi connectivity index (χ4v) is 1.50. The van der Waals surface area contributed by atoms with E-state index in [1.807, 2.05) is 0 Å². The van der Waals surface area contributed by atoms with Gasteiger partial charge in [-0.2, -0.15) is 0 Å². The molecule has 2 nitrogen and oxygen atoms in total. The van der Waals surface area contributed by atoms with Crippen molar-refractivity contribution >= 4 is 28.5 Å². The normalized spacial score (nSPS) is 10.0. The van der Waals surface area contributed by atoms with Crippen LogP contribution in [0, 0.1) is 11.2 Å². The lowest BCUT2D eigenvalue weighted by Gasteiger charge is -2.01. The number of hydrogen-bond donors (Lipinski definition) is 2. The molecule has 0 amide bonds. The molecular weight excluding hydrogens is 211 g/mol. The van der Waals surface area contributed by atoms with E-state index in [2.05, 4.69) is 0 Å². The van der Waals surface area contributed by atoms with E-state index in [1.165, 1.54) is 6.07 Å². The van der Waals surface area contributed by atoms with Gasteiger partial charge in [0.2, 0.25) is 0 Å². The van der Waals surface area contributed by atoms with Crippen molar-refractivity contribution < 1.29 is 4.39 Å². The molecule has 0 atom stereocenters. The van der Waals surface area contributed by atoms with Gasteiger partial charge in [0.25, 0.3) is 0 Å². The Bertz CT molecular complexity index is 330. The standard InChI is InChI=1S/C8H8ClFN2S/c9-6-2-1-5(7(10)3-6)4-13-8(11)12/h1-3H,4H2,(H3,11,12). The fraction of sp³-hybridized carbons (Fsp3) is 0.125. The van der Waals surface area contributed by atoms with E-state index >= 15 is 0 Å². The van der Waals surface area contributed by atoms with Crippen LogP contribution in [0.1, 0.15) is 5.56 Å². The molecule has 0 saturated heterocycles. The summed E-state index contributed by atoms with van der Waals surface area (Å²) in [5.41, 5.74) is 5.62. The predicted molar refractivity (Wildman–Crippen MR) is 54.6 cm³/mol. The van der Waals surface area contributed by atoms with Gasteiger partial charge in [0.15, 0.2) is 5.17 Å². The second-order valence-electron chi connectivity index (χ2n) is 2.39. The number of halogens is 2. The molecule has 0 aliphatic carbocycles. The lowest BCUT2D eigenvalue weighted by atomic mass is 10.2. The van der Waals surface area contributed by atoms with Crippen LogP contribution in [-0.2, 0) is 5.75 Å². The summed E-state index contributed by atoms with van der Waals surface area (Å²) < 4.78 is 13.1. The van der Waals surface area contributed by atoms with Crippen LogP contribution in [0.15, 0.2) is 18.2 Å². The van der Waals surface area contributed by atoms with Gasteiger partial charge >= 0.3 is 0 Å². The third-order valence-corrected chi connectivity index (χ3v) is 2.40. The summed E-state index contributed by atoms with van der Waals surface area (Å²) >= 11 is 6.65. The number of benzene rings is 1. The molecule has 3 N–H and O–H groups in total. The Morgan fingerprint density at radius 1 is 1.62 bits per heavy atom. The lowest BCUT2D eigenvalue weighted by Crippen LogP contribution is -2.04. The van der Waals surface area contributed by atoms with Crippen molar-refractivity contribution in [3.8, 4) is 0 Å². The summed E-state index contributed by atoms with van der Waals surface area (Å²) in [4.78, 5) is 0. The fourth-order valence-electron chi connectivity index (χ4n) is 0.794. The Balaban J connectivity index is 2.72. The maximum Gasteiger partial charge on any atom is 0.151 e. The molecular formula is C8H8ClFN2S. The number of nitrogens with one attached hydrogen (secondary N) is 1. The number of nitrogens with two attached hydrogens (primary N) is 1. The van der Waals surface area contributed by atoms with Gasteiger partial charge in [-0.1, -0.05) is 29.4 Å². The van der Waals surface area contributed by atoms with Gasteiger partial charge in [-0.25, -0.2) is 4.39 Å². The monoisotopic (exact) mass is 218 g/mol. The quantitative estimate of drug-likeness (QED) is 0.592. The number of thioether (sulfide) groups is 1. The molecule has 5 heteroatoms. The first-order valence-corrected chi connectivity index (χ1v) is 4.86. The summed E-state index contributed by atoms with van der Waals surface area (Å²) in [6, 6.07) is 4.45. The zero-order valence-electron chi connectivity index (χ0n) is 6.68. The van der Waals surface area contributed by atoms with Crippen molar-refractivity contribution in [1.82, 2.24) is 0 Å². The summed E-state index contributed by atoms with van der Waals surface area (Å²) in [6.45, 7) is 0. The van der Waals surface area contributed by atoms with E-state index in [1.54, 1.807) is 12.1 Å². The van der Waals surface area contributed by atoms with E-state index in [0.717, 1.165) is 11.8 Å². The Morgan fingerprint density at radius 2 is 2.31 bits per heavy atom. The maximum absolute atomic E-state index is 13.1. The smallest absolute Gasteiger partial charge is 0.151 e. The Hall–Kier alpha value is -0.740. The van der Waals surface area contributed by atoms with E-state index in [-0.39, 0.29) is 11.0 Å². The third kappa shape index (κ3) is 3.24. The van der Waals surface area contributed by atoms with Gasteiger partial charge in [0, 0.05) is 10.8 Å². The molecule has 0 aromatic heterocycles. The van der Waals surface area contributed by atoms with Crippen LogP contribution in [0.5, 0.6) is 0 Å². The van der Waals surface area contributed by atoms with Crippen LogP contribution in [0.25, 0.3) is 0 Å². The van der Waals surface area contributed by atoms with Gasteiger partial charge in [0.1, 0.15) is 5.82 Å². The van der Waals surface area contributed by atoms with Crippen molar-refractivity contribution in [2.24, 2.45) is 5.73 Å². The number of hydrogen-bond acceptors (Lipinski definition) is 2. The van der Waals surface area contributed by atoms with E-state index in [4.69, 9.17) is 22.7 Å². The molecule has 1 rings (SSSR count). The van der Waals surface area contributed by atoms with Crippen LogP contribution in [-0.4, -0.2) is 5.17 Å². The van der Waals surface area contributed by atoms with Gasteiger partial charge in [-0.15, -0.1) is 0 Å². The molecule has 13 heavy (non-hydrogen) atoms. The highest BCUT2D eigenvalue weighted by molar-refractivity contribution is 8.13. The van der Waals surface area contributed by atoms with Crippen LogP contribution in [0.3, 0.4) is 0 Å². The molecule has 0 saturated carbocycles. The maximum atomic E-state index is 13.1. The average molecular weight is 219 g/mol. The van der Waals surface area contributed by atoms with Crippen molar-refractivity contribution in [2.75, 3.05) is 0 Å². The van der Waals surface area contributed by atoms with Crippen molar-refractivity contribution in [2.45, 2.75) is 5.75 Å². The third-order valence-electron chi connectivity index (χ3n) is 1.40. The Kier molecular flexibility index (Phi) is 3.57. The summed E-state index contributed by atoms with van der Waals surface area (Å²) in [7, 11) is 0. The van der Waals surface area contributed by atoms with Crippen LogP contribution in [0.2, 0.25) is 5.02 Å². The molecule has 0 radical (unpaired) electrons. The molecule has 0 heterocycles. The molecule has 0 spiro atoms. The number of amidine groups is 1. The van der Waals surface area contributed by atoms with Crippen molar-refractivity contribution in [1.29, 1.82) is 5.41 Å². The number of rotatable bonds is 2. The highest BCUT2D eigenvalue weighted by Gasteiger charge is 2.03. The summed E-state index contributed by atoms with van der Waals surface area (Å²) in [5, 5.41) is 7.30. The minimum Gasteiger partial charge on any atom is -0.379 e. The summed E-state index contributed by atoms with van der Waals surface area (Å²) in [6.07, 6.45) is 0. The Morgan fingerprint density at radius 3 is 2.85 bits per heavy atom. The van der Waals surface area contributed by atoms with Gasteiger partial charge in [-0.05, 0) is 17.7 Å². The molecule has 0 unspecified atom stereocenters. The van der Waals surface area contributed by atoms with E-state index in [9.17, 15) is 4.39 Å². The van der Waals surface area contributed by atoms with Crippen LogP contribution >= 0.6 is 23.4 Å². The second-order valence-corrected chi connectivity index (χ2v) is 3.84. The highest BCUT2D eigenvalue weighted by atomic mass is 35.5. The first kappa shape index (κ1) is 10.3. The molecule has 1 aromatic rings. The minimum absolute atomic E-state index is 0.0191. The second kappa shape index (κ2) is 4.48. The predicted octanol–water partition coefficient (Wildman–Crippen LogP) is 2.61. The van der Waals surface area contributed by atoms with Gasteiger partial charge < -0.3 is 5.73 Å². The van der Waals surface area contributed by atoms with Gasteiger partial charge in [0.05, 0.1) is 0 Å². The zero-order chi connectivity index (χ0) is 9.84. The SMILES string of the molecule is N=C(N)SCc1ccc(Cl)cc1F. The largest absolute Gasteiger partial charge is 0.379 e. The first-order valence-electron chi connectivity index (χ1n) is 3.50. The topological polar surface area (TPSA) is 49.9 Å². The van der Waals surface area contributed by atoms with Crippen molar-refractivity contribution in [3.63, 3.8) is 0 Å².